The van der Waals surface area contributed by atoms with Gasteiger partial charge < -0.3 is 29.2 Å². The molecule has 6 aromatic carbocycles. The smallest absolute Gasteiger partial charge is 0.450 e. The number of halogens is 10. The van der Waals surface area contributed by atoms with Crippen LogP contribution in [-0.2, 0) is 32.0 Å². The standard InChI is InChI=1S/C33H36Cl2F3NO3.C32H34Cl2F3NO4/c1-23(40)5-3-4-6-27(32(41)33(36,37)38)21-24-7-17-30(18-8-24)42-20-19-39(2)22-31(25-9-13-28(34)14-10-25)26-11-15-29(35)16-12-26;1-38(21-29(23-8-12-26(33)13-9-23)24-10-14-27(34)15-11-24)18-19-42-28-16-6-22(7-17-28)20-25(31(41)32(35,36)37)4-2-3-5-30(39)40/h7-18,27,31H,3-6,19-22H2,1-2H3;6-17,25,29H,2-5,18-21H2,1H3,(H,39,40). The van der Waals surface area contributed by atoms with E-state index in [0.717, 1.165) is 28.8 Å². The fraction of sp³-hybridized carbons (Fsp3) is 0.385. The lowest BCUT2D eigenvalue weighted by Gasteiger charge is -2.25. The third-order valence-electron chi connectivity index (χ3n) is 14.2. The predicted octanol–water partition coefficient (Wildman–Crippen LogP) is 16.6. The van der Waals surface area contributed by atoms with Crippen LogP contribution >= 0.6 is 46.4 Å². The lowest BCUT2D eigenvalue weighted by molar-refractivity contribution is -0.175. The summed E-state index contributed by atoms with van der Waals surface area (Å²) in [5.74, 6) is -5.62. The number of carbonyl (C=O) groups excluding carboxylic acids is 3. The van der Waals surface area contributed by atoms with Crippen LogP contribution in [0.3, 0.4) is 0 Å². The second-order valence-corrected chi connectivity index (χ2v) is 22.7. The molecule has 0 aliphatic carbocycles. The second-order valence-electron chi connectivity index (χ2n) is 20.9. The summed E-state index contributed by atoms with van der Waals surface area (Å²) in [6, 6.07) is 44.6. The first-order valence-electron chi connectivity index (χ1n) is 27.6. The van der Waals surface area contributed by atoms with E-state index < -0.39 is 41.7 Å². The highest BCUT2D eigenvalue weighted by molar-refractivity contribution is 6.31. The molecule has 84 heavy (non-hydrogen) atoms. The summed E-state index contributed by atoms with van der Waals surface area (Å²) in [6.45, 7) is 4.95. The van der Waals surface area contributed by atoms with Gasteiger partial charge in [0.2, 0.25) is 11.6 Å². The number of ether oxygens (including phenoxy) is 2. The van der Waals surface area contributed by atoms with Gasteiger partial charge in [0.15, 0.2) is 0 Å². The van der Waals surface area contributed by atoms with Crippen LogP contribution in [0.25, 0.3) is 0 Å². The Kier molecular flexibility index (Phi) is 28.1. The molecule has 0 saturated carbocycles. The highest BCUT2D eigenvalue weighted by Gasteiger charge is 2.44. The molecule has 452 valence electrons. The van der Waals surface area contributed by atoms with Crippen LogP contribution in [-0.4, -0.2) is 104 Å². The van der Waals surface area contributed by atoms with E-state index in [1.54, 1.807) is 48.5 Å². The van der Waals surface area contributed by atoms with Crippen molar-refractivity contribution in [2.75, 3.05) is 53.5 Å². The van der Waals surface area contributed by atoms with Crippen molar-refractivity contribution in [3.63, 3.8) is 0 Å². The first-order valence-corrected chi connectivity index (χ1v) is 29.1. The monoisotopic (exact) mass is 1240 g/mol. The van der Waals surface area contributed by atoms with Crippen molar-refractivity contribution in [3.05, 3.63) is 199 Å². The molecule has 0 radical (unpaired) electrons. The van der Waals surface area contributed by atoms with Crippen LogP contribution in [0.4, 0.5) is 26.3 Å². The van der Waals surface area contributed by atoms with Crippen molar-refractivity contribution in [2.45, 2.75) is 95.3 Å². The van der Waals surface area contributed by atoms with Crippen molar-refractivity contribution in [1.82, 2.24) is 9.80 Å². The Balaban J connectivity index is 0.000000307. The number of likely N-dealkylation sites (N-methyl/N-ethyl adjacent to an activating group) is 2. The number of ketones is 3. The number of hydrogen-bond acceptors (Lipinski definition) is 8. The van der Waals surface area contributed by atoms with Gasteiger partial charge in [-0.05, 0) is 166 Å². The van der Waals surface area contributed by atoms with E-state index in [-0.39, 0.29) is 62.6 Å². The molecule has 0 bridgehead atoms. The number of hydrogen-bond donors (Lipinski definition) is 1. The maximum absolute atomic E-state index is 13.2. The first kappa shape index (κ1) is 68.8. The Bertz CT molecular complexity index is 2670. The van der Waals surface area contributed by atoms with Gasteiger partial charge in [0.25, 0.3) is 0 Å². The molecule has 9 nitrogen and oxygen atoms in total. The fourth-order valence-electron chi connectivity index (χ4n) is 9.59. The van der Waals surface area contributed by atoms with Crippen LogP contribution < -0.4 is 9.47 Å². The Labute approximate surface area is 508 Å². The average Bonchev–Trinajstić information content (AvgIpc) is 3.53. The van der Waals surface area contributed by atoms with Gasteiger partial charge in [-0.25, -0.2) is 0 Å². The molecular weight excluding hydrogens is 1180 g/mol. The summed E-state index contributed by atoms with van der Waals surface area (Å²) in [7, 11) is 4.01. The molecule has 0 heterocycles. The number of aliphatic carboxylic acids is 1. The number of carboxylic acid groups (broad SMARTS) is 1. The molecule has 6 rings (SSSR count). The molecule has 2 atom stereocenters. The SMILES string of the molecule is CC(=O)CCCCC(Cc1ccc(OCCN(C)CC(c2ccc(Cl)cc2)c2ccc(Cl)cc2)cc1)C(=O)C(F)(F)F.CN(CCOc1ccc(CC(CCCCC(=O)O)C(=O)C(F)(F)F)cc1)CC(c1ccc(Cl)cc1)c1ccc(Cl)cc1. The van der Waals surface area contributed by atoms with Gasteiger partial charge >= 0.3 is 18.3 Å². The molecule has 0 aliphatic heterocycles. The number of nitrogens with zero attached hydrogens (tertiary/aromatic N) is 2. The van der Waals surface area contributed by atoms with Gasteiger partial charge in [-0.2, -0.15) is 26.3 Å². The molecule has 2 unspecified atom stereocenters. The lowest BCUT2D eigenvalue weighted by Crippen LogP contribution is -2.31. The van der Waals surface area contributed by atoms with Gasteiger partial charge in [0.05, 0.1) is 0 Å². The highest BCUT2D eigenvalue weighted by Crippen LogP contribution is 2.32. The Morgan fingerprint density at radius 1 is 0.464 bits per heavy atom. The largest absolute Gasteiger partial charge is 0.492 e. The molecule has 0 saturated heterocycles. The molecule has 1 N–H and O–H groups in total. The predicted molar refractivity (Wildman–Crippen MR) is 320 cm³/mol. The third kappa shape index (κ3) is 24.6. The van der Waals surface area contributed by atoms with Crippen molar-refractivity contribution in [2.24, 2.45) is 11.8 Å². The number of carbonyl (C=O) groups is 4. The highest BCUT2D eigenvalue weighted by atomic mass is 35.5. The summed E-state index contributed by atoms with van der Waals surface area (Å²) in [4.78, 5) is 50.1. The van der Waals surface area contributed by atoms with Gasteiger partial charge in [0, 0.05) is 82.8 Å². The van der Waals surface area contributed by atoms with Crippen molar-refractivity contribution in [1.29, 1.82) is 0 Å². The normalized spacial score (nSPS) is 12.5. The van der Waals surface area contributed by atoms with Gasteiger partial charge in [-0.1, -0.05) is 132 Å². The van der Waals surface area contributed by atoms with Crippen LogP contribution in [0.2, 0.25) is 20.1 Å². The number of carboxylic acids is 1. The summed E-state index contributed by atoms with van der Waals surface area (Å²) in [5, 5.41) is 11.4. The topological polar surface area (TPSA) is 113 Å². The minimum atomic E-state index is -4.94. The summed E-state index contributed by atoms with van der Waals surface area (Å²) in [6.07, 6.45) is -8.39. The molecule has 0 amide bonds. The number of benzene rings is 6. The fourth-order valence-corrected chi connectivity index (χ4v) is 10.1. The molecule has 19 heteroatoms. The summed E-state index contributed by atoms with van der Waals surface area (Å²) < 4.78 is 90.7. The van der Waals surface area contributed by atoms with Gasteiger partial charge in [-0.3, -0.25) is 14.4 Å². The first-order chi connectivity index (χ1) is 39.8. The number of alkyl halides is 6. The Hall–Kier alpha value is -5.94. The van der Waals surface area contributed by atoms with E-state index in [0.29, 0.717) is 94.8 Å². The molecule has 6 aromatic rings. The van der Waals surface area contributed by atoms with E-state index in [1.165, 1.54) is 6.92 Å². The zero-order valence-corrected chi connectivity index (χ0v) is 50.1. The van der Waals surface area contributed by atoms with Crippen LogP contribution in [0.5, 0.6) is 11.5 Å². The zero-order valence-electron chi connectivity index (χ0n) is 47.1. The van der Waals surface area contributed by atoms with E-state index in [9.17, 15) is 45.5 Å². The summed E-state index contributed by atoms with van der Waals surface area (Å²) >= 11 is 24.4. The zero-order chi connectivity index (χ0) is 61.4. The Morgan fingerprint density at radius 3 is 1.04 bits per heavy atom. The number of unbranched alkanes of at least 4 members (excludes halogenated alkanes) is 2. The van der Waals surface area contributed by atoms with Crippen LogP contribution in [0, 0.1) is 11.8 Å². The number of Topliss-reactive ketones (excluding diaryl/α,β-unsaturated/α-hetero) is 3. The average molecular weight is 1250 g/mol. The van der Waals surface area contributed by atoms with Gasteiger partial charge in [-0.15, -0.1) is 0 Å². The lowest BCUT2D eigenvalue weighted by atomic mass is 9.89. The number of rotatable bonds is 32. The van der Waals surface area contributed by atoms with E-state index in [2.05, 4.69) is 9.80 Å². The molecule has 0 aliphatic rings. The van der Waals surface area contributed by atoms with Crippen molar-refractivity contribution in [3.8, 4) is 11.5 Å². The van der Waals surface area contributed by atoms with E-state index >= 15 is 0 Å². The maximum atomic E-state index is 13.2. The summed E-state index contributed by atoms with van der Waals surface area (Å²) in [5.41, 5.74) is 5.71. The minimum Gasteiger partial charge on any atom is -0.492 e. The minimum absolute atomic E-state index is 0.0154. The molecule has 0 spiro atoms. The van der Waals surface area contributed by atoms with Crippen molar-refractivity contribution >= 4 is 69.7 Å². The second kappa shape index (κ2) is 34.3. The van der Waals surface area contributed by atoms with E-state index in [4.69, 9.17) is 61.0 Å². The maximum Gasteiger partial charge on any atom is 0.450 e. The van der Waals surface area contributed by atoms with Crippen LogP contribution in [0.15, 0.2) is 146 Å². The molecule has 0 aromatic heterocycles. The van der Waals surface area contributed by atoms with Gasteiger partial charge in [0.1, 0.15) is 30.5 Å². The van der Waals surface area contributed by atoms with E-state index in [1.807, 2.05) is 111 Å². The quantitative estimate of drug-likeness (QED) is 0.0326. The third-order valence-corrected chi connectivity index (χ3v) is 15.2. The molecular formula is C65H70Cl4F6N2O7. The molecule has 0 fully saturated rings. The Morgan fingerprint density at radius 2 is 0.762 bits per heavy atom. The van der Waals surface area contributed by atoms with Crippen LogP contribution in [0.1, 0.15) is 104 Å². The van der Waals surface area contributed by atoms with Crippen molar-refractivity contribution < 1.29 is 60.1 Å².